The van der Waals surface area contributed by atoms with Gasteiger partial charge < -0.3 is 15.5 Å². The first-order valence-corrected chi connectivity index (χ1v) is 5.67. The van der Waals surface area contributed by atoms with Crippen molar-refractivity contribution >= 4 is 16.8 Å². The van der Waals surface area contributed by atoms with Gasteiger partial charge in [-0.25, -0.2) is 4.98 Å². The maximum absolute atomic E-state index is 5.83. The average molecular weight is 217 g/mol. The van der Waals surface area contributed by atoms with Crippen LogP contribution in [0.4, 0.5) is 5.69 Å². The molecule has 1 fully saturated rings. The molecule has 0 amide bonds. The van der Waals surface area contributed by atoms with Crippen LogP contribution in [0.5, 0.6) is 0 Å². The Morgan fingerprint density at radius 2 is 2.44 bits per heavy atom. The molecule has 1 aliphatic heterocycles. The lowest BCUT2D eigenvalue weighted by Crippen LogP contribution is -2.10. The first-order valence-electron chi connectivity index (χ1n) is 5.67. The van der Waals surface area contributed by atoms with Crippen LogP contribution in [0.1, 0.15) is 12.3 Å². The van der Waals surface area contributed by atoms with Gasteiger partial charge >= 0.3 is 0 Å². The molecule has 3 rings (SSSR count). The molecular weight excluding hydrogens is 202 g/mol. The Labute approximate surface area is 93.8 Å². The van der Waals surface area contributed by atoms with Crippen molar-refractivity contribution < 1.29 is 4.42 Å². The van der Waals surface area contributed by atoms with Crippen LogP contribution in [0.2, 0.25) is 0 Å². The van der Waals surface area contributed by atoms with Gasteiger partial charge in [0.05, 0.1) is 5.69 Å². The van der Waals surface area contributed by atoms with E-state index in [2.05, 4.69) is 10.3 Å². The lowest BCUT2D eigenvalue weighted by Gasteiger charge is -2.02. The molecule has 2 aromatic rings. The molecule has 0 aliphatic carbocycles. The predicted octanol–water partition coefficient (Wildman–Crippen LogP) is 1.56. The molecule has 1 saturated heterocycles. The molecule has 1 unspecified atom stereocenters. The maximum Gasteiger partial charge on any atom is 0.195 e. The summed E-state index contributed by atoms with van der Waals surface area (Å²) in [6, 6.07) is 5.68. The molecule has 16 heavy (non-hydrogen) atoms. The number of aromatic nitrogens is 1. The van der Waals surface area contributed by atoms with Crippen molar-refractivity contribution in [3.05, 3.63) is 24.1 Å². The Morgan fingerprint density at radius 3 is 3.19 bits per heavy atom. The Morgan fingerprint density at radius 1 is 1.50 bits per heavy atom. The number of fused-ring (bicyclic) bond motifs is 1. The van der Waals surface area contributed by atoms with E-state index in [0.717, 1.165) is 36.5 Å². The fourth-order valence-corrected chi connectivity index (χ4v) is 2.24. The second-order valence-corrected chi connectivity index (χ2v) is 4.37. The zero-order chi connectivity index (χ0) is 11.0. The highest BCUT2D eigenvalue weighted by molar-refractivity contribution is 5.84. The number of oxazole rings is 1. The van der Waals surface area contributed by atoms with Gasteiger partial charge in [-0.05, 0) is 37.6 Å². The molecule has 0 bridgehead atoms. The molecule has 3 N–H and O–H groups in total. The van der Waals surface area contributed by atoms with Gasteiger partial charge in [-0.1, -0.05) is 6.07 Å². The van der Waals surface area contributed by atoms with E-state index in [1.54, 1.807) is 0 Å². The van der Waals surface area contributed by atoms with E-state index >= 15 is 0 Å². The fourth-order valence-electron chi connectivity index (χ4n) is 2.24. The summed E-state index contributed by atoms with van der Waals surface area (Å²) in [6.07, 6.45) is 2.11. The van der Waals surface area contributed by atoms with Crippen LogP contribution in [-0.2, 0) is 6.42 Å². The summed E-state index contributed by atoms with van der Waals surface area (Å²) in [6.45, 7) is 2.17. The summed E-state index contributed by atoms with van der Waals surface area (Å²) in [4.78, 5) is 4.46. The third-order valence-corrected chi connectivity index (χ3v) is 3.12. The van der Waals surface area contributed by atoms with Gasteiger partial charge in [0, 0.05) is 6.42 Å². The number of hydrogen-bond acceptors (Lipinski definition) is 4. The van der Waals surface area contributed by atoms with Crippen LogP contribution in [0, 0.1) is 5.92 Å². The average Bonchev–Trinajstić information content (AvgIpc) is 2.88. The molecule has 2 heterocycles. The van der Waals surface area contributed by atoms with E-state index in [-0.39, 0.29) is 0 Å². The number of rotatable bonds is 2. The zero-order valence-corrected chi connectivity index (χ0v) is 9.07. The van der Waals surface area contributed by atoms with E-state index in [1.807, 2.05) is 18.2 Å². The molecule has 1 aliphatic rings. The van der Waals surface area contributed by atoms with Gasteiger partial charge in [-0.15, -0.1) is 0 Å². The third-order valence-electron chi connectivity index (χ3n) is 3.12. The minimum atomic E-state index is 0.647. The van der Waals surface area contributed by atoms with Crippen LogP contribution in [0.15, 0.2) is 22.6 Å². The molecule has 0 spiro atoms. The van der Waals surface area contributed by atoms with Crippen LogP contribution >= 0.6 is 0 Å². The molecule has 1 aromatic heterocycles. The quantitative estimate of drug-likeness (QED) is 0.749. The van der Waals surface area contributed by atoms with E-state index in [9.17, 15) is 0 Å². The van der Waals surface area contributed by atoms with E-state index in [4.69, 9.17) is 10.2 Å². The maximum atomic E-state index is 5.83. The minimum absolute atomic E-state index is 0.647. The van der Waals surface area contributed by atoms with Gasteiger partial charge in [-0.2, -0.15) is 0 Å². The normalized spacial score (nSPS) is 20.6. The number of nitrogens with two attached hydrogens (primary N) is 1. The zero-order valence-electron chi connectivity index (χ0n) is 9.07. The Bertz CT molecular complexity index is 500. The Balaban J connectivity index is 1.90. The lowest BCUT2D eigenvalue weighted by atomic mass is 10.1. The smallest absolute Gasteiger partial charge is 0.195 e. The summed E-state index contributed by atoms with van der Waals surface area (Å²) < 4.78 is 5.70. The molecule has 4 heteroatoms. The summed E-state index contributed by atoms with van der Waals surface area (Å²) in [5, 5.41) is 3.34. The van der Waals surface area contributed by atoms with Gasteiger partial charge in [0.25, 0.3) is 0 Å². The number of nitrogens with one attached hydrogen (secondary N) is 1. The van der Waals surface area contributed by atoms with Crippen LogP contribution in [-0.4, -0.2) is 18.1 Å². The van der Waals surface area contributed by atoms with Crippen molar-refractivity contribution in [2.75, 3.05) is 18.8 Å². The Hall–Kier alpha value is -1.55. The molecule has 4 nitrogen and oxygen atoms in total. The van der Waals surface area contributed by atoms with Crippen molar-refractivity contribution in [3.63, 3.8) is 0 Å². The van der Waals surface area contributed by atoms with Gasteiger partial charge in [0.15, 0.2) is 11.5 Å². The largest absolute Gasteiger partial charge is 0.439 e. The van der Waals surface area contributed by atoms with E-state index < -0.39 is 0 Å². The number of benzene rings is 1. The highest BCUT2D eigenvalue weighted by atomic mass is 16.3. The number of hydrogen-bond donors (Lipinski definition) is 2. The summed E-state index contributed by atoms with van der Waals surface area (Å²) >= 11 is 0. The molecule has 1 atom stereocenters. The number of anilines is 1. The third kappa shape index (κ3) is 1.65. The molecular formula is C12H15N3O. The summed E-state index contributed by atoms with van der Waals surface area (Å²) in [7, 11) is 0. The SMILES string of the molecule is Nc1cccc2nc(CC3CCNC3)oc12. The number of para-hydroxylation sites is 1. The Kier molecular flexibility index (Phi) is 2.29. The molecule has 0 radical (unpaired) electrons. The monoisotopic (exact) mass is 217 g/mol. The summed E-state index contributed by atoms with van der Waals surface area (Å²) in [5.74, 6) is 1.45. The van der Waals surface area contributed by atoms with E-state index in [0.29, 0.717) is 11.6 Å². The van der Waals surface area contributed by atoms with Crippen molar-refractivity contribution in [3.8, 4) is 0 Å². The van der Waals surface area contributed by atoms with Gasteiger partial charge in [-0.3, -0.25) is 0 Å². The minimum Gasteiger partial charge on any atom is -0.439 e. The fraction of sp³-hybridized carbons (Fsp3) is 0.417. The highest BCUT2D eigenvalue weighted by Crippen LogP contribution is 2.24. The topological polar surface area (TPSA) is 64.1 Å². The van der Waals surface area contributed by atoms with E-state index in [1.165, 1.54) is 6.42 Å². The lowest BCUT2D eigenvalue weighted by molar-refractivity contribution is 0.463. The second kappa shape index (κ2) is 3.79. The number of nitrogens with zero attached hydrogens (tertiary/aromatic N) is 1. The first kappa shape index (κ1) is 9.66. The highest BCUT2D eigenvalue weighted by Gasteiger charge is 2.18. The molecule has 1 aromatic carbocycles. The van der Waals surface area contributed by atoms with Gasteiger partial charge in [0.1, 0.15) is 5.52 Å². The predicted molar refractivity (Wildman–Crippen MR) is 63.1 cm³/mol. The molecule has 0 saturated carbocycles. The van der Waals surface area contributed by atoms with Crippen molar-refractivity contribution in [2.24, 2.45) is 5.92 Å². The van der Waals surface area contributed by atoms with Crippen molar-refractivity contribution in [2.45, 2.75) is 12.8 Å². The number of nitrogen functional groups attached to an aromatic ring is 1. The second-order valence-electron chi connectivity index (χ2n) is 4.37. The molecule has 84 valence electrons. The van der Waals surface area contributed by atoms with Gasteiger partial charge in [0.2, 0.25) is 0 Å². The first-order chi connectivity index (χ1) is 7.83. The van der Waals surface area contributed by atoms with Crippen LogP contribution < -0.4 is 11.1 Å². The van der Waals surface area contributed by atoms with Crippen LogP contribution in [0.3, 0.4) is 0 Å². The van der Waals surface area contributed by atoms with Crippen molar-refractivity contribution in [1.82, 2.24) is 10.3 Å². The summed E-state index contributed by atoms with van der Waals surface area (Å²) in [5.41, 5.74) is 8.09. The van der Waals surface area contributed by atoms with Crippen LogP contribution in [0.25, 0.3) is 11.1 Å². The standard InChI is InChI=1S/C12H15N3O/c13-9-2-1-3-10-12(9)16-11(15-10)6-8-4-5-14-7-8/h1-3,8,14H,4-7,13H2. The van der Waals surface area contributed by atoms with Crippen molar-refractivity contribution in [1.29, 1.82) is 0 Å².